The van der Waals surface area contributed by atoms with Crippen molar-refractivity contribution < 1.29 is 18.3 Å². The molecule has 2 aromatic heterocycles. The Kier molecular flexibility index (Phi) is 6.78. The number of amides is 2. The number of hydrogen-bond donors (Lipinski definition) is 4. The molecular weight excluding hydrogens is 420 g/mol. The first kappa shape index (κ1) is 22.1. The molecule has 0 fully saturated rings. The van der Waals surface area contributed by atoms with Crippen LogP contribution < -0.4 is 16.4 Å². The summed E-state index contributed by atoms with van der Waals surface area (Å²) in [4.78, 5) is 23.8. The maximum absolute atomic E-state index is 12.8. The van der Waals surface area contributed by atoms with Crippen molar-refractivity contribution in [2.75, 3.05) is 17.2 Å². The van der Waals surface area contributed by atoms with Crippen molar-refractivity contribution in [3.05, 3.63) is 60.6 Å². The summed E-state index contributed by atoms with van der Waals surface area (Å²) in [5.74, 6) is 0.335. The number of sulfone groups is 1. The highest BCUT2D eigenvalue weighted by Gasteiger charge is 2.18. The summed E-state index contributed by atoms with van der Waals surface area (Å²) in [6, 6.07) is 10.0. The fourth-order valence-electron chi connectivity index (χ4n) is 2.74. The average molecular weight is 443 g/mol. The molecule has 0 saturated carbocycles. The summed E-state index contributed by atoms with van der Waals surface area (Å²) in [6.45, 7) is 1.64. The molecule has 0 aliphatic heterocycles. The second kappa shape index (κ2) is 9.49. The summed E-state index contributed by atoms with van der Waals surface area (Å²) in [7, 11) is -3.65. The van der Waals surface area contributed by atoms with Gasteiger partial charge in [-0.1, -0.05) is 0 Å². The number of aromatic nitrogens is 3. The maximum atomic E-state index is 12.8. The predicted octanol–water partition coefficient (Wildman–Crippen LogP) is 1.80. The lowest BCUT2D eigenvalue weighted by Crippen LogP contribution is -2.20. The molecule has 162 valence electrons. The van der Waals surface area contributed by atoms with E-state index in [1.807, 2.05) is 0 Å². The number of pyridine rings is 1. The molecule has 2 amide bonds. The monoisotopic (exact) mass is 442 g/mol. The second-order valence-electron chi connectivity index (χ2n) is 6.80. The van der Waals surface area contributed by atoms with Crippen molar-refractivity contribution in [3.63, 3.8) is 0 Å². The highest BCUT2D eigenvalue weighted by Crippen LogP contribution is 2.23. The highest BCUT2D eigenvalue weighted by molar-refractivity contribution is 7.90. The van der Waals surface area contributed by atoms with Gasteiger partial charge in [0.05, 0.1) is 22.9 Å². The largest absolute Gasteiger partial charge is 0.394 e. The van der Waals surface area contributed by atoms with E-state index in [0.717, 1.165) is 0 Å². The minimum Gasteiger partial charge on any atom is -0.394 e. The van der Waals surface area contributed by atoms with Crippen molar-refractivity contribution in [1.29, 1.82) is 0 Å². The first-order chi connectivity index (χ1) is 14.8. The van der Waals surface area contributed by atoms with Crippen LogP contribution in [0.5, 0.6) is 0 Å². The fraction of sp³-hybridized carbons (Fsp3) is 0.200. The number of carbonyl (C=O) groups is 1. The molecule has 3 rings (SSSR count). The van der Waals surface area contributed by atoms with Gasteiger partial charge in [0.1, 0.15) is 5.82 Å². The number of primary amides is 1. The number of hydrogen-bond acceptors (Lipinski definition) is 8. The Morgan fingerprint density at radius 2 is 1.81 bits per heavy atom. The van der Waals surface area contributed by atoms with Crippen LogP contribution in [0.25, 0.3) is 11.4 Å². The number of rotatable bonds is 8. The van der Waals surface area contributed by atoms with E-state index >= 15 is 0 Å². The molecule has 0 spiro atoms. The van der Waals surface area contributed by atoms with Crippen LogP contribution >= 0.6 is 0 Å². The van der Waals surface area contributed by atoms with E-state index < -0.39 is 15.9 Å². The standard InChI is InChI=1S/C20H22N6O4S/c1-13(11-27)23-18-10-16(12-31(29,30)17-6-8-22-9-7-17)24-19(26-18)14-2-4-15(5-3-14)25-20(21)28/h2-10,13,27H,11-12H2,1H3,(H3,21,25,28)(H,23,24,26)/t13-/m0/s1. The third kappa shape index (κ3) is 5.96. The Morgan fingerprint density at radius 1 is 1.13 bits per heavy atom. The van der Waals surface area contributed by atoms with Crippen molar-refractivity contribution in [2.24, 2.45) is 5.73 Å². The van der Waals surface area contributed by atoms with E-state index in [4.69, 9.17) is 5.73 Å². The number of nitrogens with two attached hydrogens (primary N) is 1. The Morgan fingerprint density at radius 3 is 2.42 bits per heavy atom. The molecule has 31 heavy (non-hydrogen) atoms. The minimum atomic E-state index is -3.65. The minimum absolute atomic E-state index is 0.128. The molecule has 10 nitrogen and oxygen atoms in total. The number of anilines is 2. The van der Waals surface area contributed by atoms with Crippen molar-refractivity contribution in [3.8, 4) is 11.4 Å². The Balaban J connectivity index is 1.97. The van der Waals surface area contributed by atoms with Gasteiger partial charge < -0.3 is 21.5 Å². The lowest BCUT2D eigenvalue weighted by Gasteiger charge is -2.14. The maximum Gasteiger partial charge on any atom is 0.316 e. The van der Waals surface area contributed by atoms with Crippen LogP contribution in [-0.4, -0.2) is 47.2 Å². The molecule has 0 bridgehead atoms. The van der Waals surface area contributed by atoms with Gasteiger partial charge in [-0.25, -0.2) is 23.2 Å². The van der Waals surface area contributed by atoms with Gasteiger partial charge in [-0.15, -0.1) is 0 Å². The third-order valence-electron chi connectivity index (χ3n) is 4.20. The zero-order valence-corrected chi connectivity index (χ0v) is 17.5. The van der Waals surface area contributed by atoms with Gasteiger partial charge in [-0.3, -0.25) is 4.98 Å². The summed E-state index contributed by atoms with van der Waals surface area (Å²) in [6.07, 6.45) is 2.83. The number of urea groups is 1. The molecule has 0 unspecified atom stereocenters. The zero-order chi connectivity index (χ0) is 22.4. The fourth-order valence-corrected chi connectivity index (χ4v) is 3.98. The first-order valence-electron chi connectivity index (χ1n) is 9.32. The van der Waals surface area contributed by atoms with E-state index in [0.29, 0.717) is 22.9 Å². The van der Waals surface area contributed by atoms with Crippen molar-refractivity contribution >= 4 is 27.4 Å². The molecule has 0 aliphatic rings. The molecule has 0 saturated heterocycles. The molecule has 2 heterocycles. The number of nitrogens with one attached hydrogen (secondary N) is 2. The second-order valence-corrected chi connectivity index (χ2v) is 8.79. The van der Waals surface area contributed by atoms with E-state index in [1.54, 1.807) is 31.2 Å². The Bertz CT molecular complexity index is 1150. The molecule has 3 aromatic rings. The van der Waals surface area contributed by atoms with Gasteiger partial charge in [-0.2, -0.15) is 0 Å². The number of benzene rings is 1. The molecule has 1 atom stereocenters. The van der Waals surface area contributed by atoms with Gasteiger partial charge in [0.2, 0.25) is 0 Å². The van der Waals surface area contributed by atoms with E-state index in [2.05, 4.69) is 25.6 Å². The average Bonchev–Trinajstić information content (AvgIpc) is 2.74. The summed E-state index contributed by atoms with van der Waals surface area (Å²) >= 11 is 0. The quantitative estimate of drug-likeness (QED) is 0.411. The lowest BCUT2D eigenvalue weighted by atomic mass is 10.2. The van der Waals surface area contributed by atoms with E-state index in [9.17, 15) is 18.3 Å². The topological polar surface area (TPSA) is 160 Å². The Labute approximate surface area is 179 Å². The zero-order valence-electron chi connectivity index (χ0n) is 16.7. The normalized spacial score (nSPS) is 12.2. The number of carbonyl (C=O) groups excluding carboxylic acids is 1. The molecule has 5 N–H and O–H groups in total. The van der Waals surface area contributed by atoms with Crippen LogP contribution in [-0.2, 0) is 15.6 Å². The number of aliphatic hydroxyl groups is 1. The molecule has 11 heteroatoms. The summed E-state index contributed by atoms with van der Waals surface area (Å²) in [5, 5.41) is 14.8. The van der Waals surface area contributed by atoms with E-state index in [1.165, 1.54) is 30.6 Å². The lowest BCUT2D eigenvalue weighted by molar-refractivity contribution is 0.259. The van der Waals surface area contributed by atoms with Crippen LogP contribution in [0.3, 0.4) is 0 Å². The molecular formula is C20H22N6O4S. The third-order valence-corrected chi connectivity index (χ3v) is 5.87. The molecule has 0 radical (unpaired) electrons. The van der Waals surface area contributed by atoms with Gasteiger partial charge >= 0.3 is 6.03 Å². The predicted molar refractivity (Wildman–Crippen MR) is 116 cm³/mol. The van der Waals surface area contributed by atoms with Gasteiger partial charge in [0.25, 0.3) is 0 Å². The van der Waals surface area contributed by atoms with Crippen molar-refractivity contribution in [1.82, 2.24) is 15.0 Å². The van der Waals surface area contributed by atoms with Gasteiger partial charge in [0.15, 0.2) is 15.7 Å². The molecule has 1 aromatic carbocycles. The highest BCUT2D eigenvalue weighted by atomic mass is 32.2. The molecule has 0 aliphatic carbocycles. The summed E-state index contributed by atoms with van der Waals surface area (Å²) in [5.41, 5.74) is 6.51. The van der Waals surface area contributed by atoms with Crippen LogP contribution in [0.4, 0.5) is 16.3 Å². The Hall–Kier alpha value is -3.57. The number of aliphatic hydroxyl groups excluding tert-OH is 1. The van der Waals surface area contributed by atoms with Gasteiger partial charge in [0, 0.05) is 35.8 Å². The van der Waals surface area contributed by atoms with Crippen LogP contribution in [0.15, 0.2) is 59.8 Å². The summed E-state index contributed by atoms with van der Waals surface area (Å²) < 4.78 is 25.6. The van der Waals surface area contributed by atoms with Crippen LogP contribution in [0.1, 0.15) is 12.6 Å². The first-order valence-corrected chi connectivity index (χ1v) is 11.0. The van der Waals surface area contributed by atoms with Crippen LogP contribution in [0, 0.1) is 0 Å². The number of nitrogens with zero attached hydrogens (tertiary/aromatic N) is 3. The van der Waals surface area contributed by atoms with E-state index in [-0.39, 0.29) is 29.0 Å². The van der Waals surface area contributed by atoms with Gasteiger partial charge in [-0.05, 0) is 43.3 Å². The van der Waals surface area contributed by atoms with Crippen molar-refractivity contribution in [2.45, 2.75) is 23.6 Å². The van der Waals surface area contributed by atoms with Crippen LogP contribution in [0.2, 0.25) is 0 Å². The smallest absolute Gasteiger partial charge is 0.316 e. The SMILES string of the molecule is C[C@@H](CO)Nc1cc(CS(=O)(=O)c2ccncc2)nc(-c2ccc(NC(N)=O)cc2)n1.